The van der Waals surface area contributed by atoms with Crippen LogP contribution in [-0.4, -0.2) is 34.5 Å². The third-order valence-corrected chi connectivity index (χ3v) is 3.90. The molecule has 1 unspecified atom stereocenters. The van der Waals surface area contributed by atoms with E-state index in [2.05, 4.69) is 30.8 Å². The Balaban J connectivity index is 2.22. The predicted molar refractivity (Wildman–Crippen MR) is 81.3 cm³/mol. The number of nitrogens with zero attached hydrogens (tertiary/aromatic N) is 3. The van der Waals surface area contributed by atoms with Gasteiger partial charge in [-0.15, -0.1) is 0 Å². The van der Waals surface area contributed by atoms with E-state index in [9.17, 15) is 0 Å². The molecule has 0 N–H and O–H groups in total. The van der Waals surface area contributed by atoms with Crippen molar-refractivity contribution in [2.24, 2.45) is 0 Å². The van der Waals surface area contributed by atoms with Crippen LogP contribution in [0, 0.1) is 6.92 Å². The summed E-state index contributed by atoms with van der Waals surface area (Å²) in [5.74, 6) is 1.52. The third kappa shape index (κ3) is 3.81. The monoisotopic (exact) mass is 327 g/mol. The summed E-state index contributed by atoms with van der Waals surface area (Å²) in [7, 11) is 0. The van der Waals surface area contributed by atoms with Gasteiger partial charge in [-0.25, -0.2) is 4.98 Å². The molecule has 0 bridgehead atoms. The van der Waals surface area contributed by atoms with Gasteiger partial charge in [0.25, 0.3) is 0 Å². The van der Waals surface area contributed by atoms with E-state index in [-0.39, 0.29) is 0 Å². The van der Waals surface area contributed by atoms with E-state index in [0.29, 0.717) is 18.5 Å². The van der Waals surface area contributed by atoms with Crippen molar-refractivity contribution in [3.8, 4) is 5.88 Å². The molecular formula is C14H22BrN3O. The Morgan fingerprint density at radius 3 is 3.00 bits per heavy atom. The highest BCUT2D eigenvalue weighted by Gasteiger charge is 2.24. The Kier molecular flexibility index (Phi) is 5.43. The normalized spacial score (nSPS) is 19.5. The highest BCUT2D eigenvalue weighted by Crippen LogP contribution is 2.26. The highest BCUT2D eigenvalue weighted by atomic mass is 79.9. The first-order chi connectivity index (χ1) is 9.24. The first kappa shape index (κ1) is 14.6. The number of ether oxygens (including phenoxy) is 1. The van der Waals surface area contributed by atoms with Crippen LogP contribution in [0.3, 0.4) is 0 Å². The van der Waals surface area contributed by atoms with Gasteiger partial charge in [-0.05, 0) is 39.5 Å². The summed E-state index contributed by atoms with van der Waals surface area (Å²) in [6.45, 7) is 5.66. The van der Waals surface area contributed by atoms with Gasteiger partial charge in [0.15, 0.2) is 0 Å². The number of aromatic nitrogens is 2. The molecule has 1 fully saturated rings. The molecule has 0 radical (unpaired) electrons. The minimum Gasteiger partial charge on any atom is -0.478 e. The van der Waals surface area contributed by atoms with Gasteiger partial charge >= 0.3 is 0 Å². The van der Waals surface area contributed by atoms with Crippen molar-refractivity contribution < 1.29 is 4.74 Å². The number of hydrogen-bond donors (Lipinski definition) is 0. The van der Waals surface area contributed by atoms with Crippen molar-refractivity contribution in [2.45, 2.75) is 45.6 Å². The molecule has 1 aliphatic heterocycles. The van der Waals surface area contributed by atoms with Crippen LogP contribution in [-0.2, 0) is 0 Å². The first-order valence-electron chi connectivity index (χ1n) is 7.05. The van der Waals surface area contributed by atoms with Gasteiger partial charge in [0.2, 0.25) is 11.8 Å². The van der Waals surface area contributed by atoms with Gasteiger partial charge < -0.3 is 9.64 Å². The lowest BCUT2D eigenvalue weighted by molar-refractivity contribution is 0.325. The maximum atomic E-state index is 5.53. The van der Waals surface area contributed by atoms with Crippen molar-refractivity contribution in [3.63, 3.8) is 0 Å². The van der Waals surface area contributed by atoms with Crippen LogP contribution in [0.1, 0.15) is 38.3 Å². The zero-order valence-corrected chi connectivity index (χ0v) is 13.3. The van der Waals surface area contributed by atoms with E-state index >= 15 is 0 Å². The Morgan fingerprint density at radius 1 is 1.42 bits per heavy atom. The maximum Gasteiger partial charge on any atom is 0.229 e. The Hall–Kier alpha value is -0.840. The van der Waals surface area contributed by atoms with Crippen molar-refractivity contribution in [2.75, 3.05) is 23.4 Å². The van der Waals surface area contributed by atoms with E-state index in [4.69, 9.17) is 4.74 Å². The summed E-state index contributed by atoms with van der Waals surface area (Å²) < 4.78 is 5.53. The van der Waals surface area contributed by atoms with E-state index in [1.54, 1.807) is 0 Å². The molecule has 0 aromatic carbocycles. The standard InChI is InChI=1S/C14H22BrN3O/c1-3-19-13-10-11(2)16-14(17-13)18-9-5-4-6-12(18)7-8-15/h10,12H,3-9H2,1-2H3. The average molecular weight is 328 g/mol. The van der Waals surface area contributed by atoms with Crippen LogP contribution < -0.4 is 9.64 Å². The van der Waals surface area contributed by atoms with Gasteiger partial charge in [0.1, 0.15) is 0 Å². The van der Waals surface area contributed by atoms with Gasteiger partial charge in [-0.1, -0.05) is 15.9 Å². The molecule has 1 aliphatic rings. The second-order valence-electron chi connectivity index (χ2n) is 4.90. The summed E-state index contributed by atoms with van der Waals surface area (Å²) in [6, 6.07) is 2.44. The van der Waals surface area contributed by atoms with E-state index in [0.717, 1.165) is 29.9 Å². The Labute approximate surface area is 123 Å². The lowest BCUT2D eigenvalue weighted by atomic mass is 10.0. The summed E-state index contributed by atoms with van der Waals surface area (Å²) >= 11 is 3.55. The van der Waals surface area contributed by atoms with E-state index in [1.165, 1.54) is 19.3 Å². The topological polar surface area (TPSA) is 38.2 Å². The third-order valence-electron chi connectivity index (χ3n) is 3.44. The van der Waals surface area contributed by atoms with Crippen molar-refractivity contribution >= 4 is 21.9 Å². The molecular weight excluding hydrogens is 306 g/mol. The fourth-order valence-corrected chi connectivity index (χ4v) is 3.09. The quantitative estimate of drug-likeness (QED) is 0.777. The lowest BCUT2D eigenvalue weighted by Gasteiger charge is -2.35. The fourth-order valence-electron chi connectivity index (χ4n) is 2.56. The molecule has 1 aromatic rings. The molecule has 4 nitrogen and oxygen atoms in total. The summed E-state index contributed by atoms with van der Waals surface area (Å²) in [5.41, 5.74) is 0.969. The lowest BCUT2D eigenvalue weighted by Crippen LogP contribution is -2.41. The number of rotatable bonds is 5. The fraction of sp³-hybridized carbons (Fsp3) is 0.714. The van der Waals surface area contributed by atoms with Crippen molar-refractivity contribution in [1.82, 2.24) is 9.97 Å². The number of alkyl halides is 1. The van der Waals surface area contributed by atoms with E-state index < -0.39 is 0 Å². The summed E-state index contributed by atoms with van der Waals surface area (Å²) in [6.07, 6.45) is 4.90. The number of aryl methyl sites for hydroxylation is 1. The second kappa shape index (κ2) is 7.08. The number of halogens is 1. The molecule has 0 spiro atoms. The zero-order valence-electron chi connectivity index (χ0n) is 11.7. The minimum absolute atomic E-state index is 0.546. The second-order valence-corrected chi connectivity index (χ2v) is 5.69. The molecule has 1 saturated heterocycles. The molecule has 0 amide bonds. The zero-order chi connectivity index (χ0) is 13.7. The Bertz CT molecular complexity index is 412. The van der Waals surface area contributed by atoms with Crippen LogP contribution in [0.5, 0.6) is 5.88 Å². The van der Waals surface area contributed by atoms with Gasteiger partial charge in [0, 0.05) is 29.7 Å². The van der Waals surface area contributed by atoms with Crippen LogP contribution in [0.25, 0.3) is 0 Å². The van der Waals surface area contributed by atoms with Crippen LogP contribution >= 0.6 is 15.9 Å². The molecule has 2 heterocycles. The Morgan fingerprint density at radius 2 is 2.26 bits per heavy atom. The number of piperidine rings is 1. The molecule has 2 rings (SSSR count). The van der Waals surface area contributed by atoms with Crippen LogP contribution in [0.15, 0.2) is 6.07 Å². The maximum absolute atomic E-state index is 5.53. The highest BCUT2D eigenvalue weighted by molar-refractivity contribution is 9.09. The molecule has 106 valence electrons. The average Bonchev–Trinajstić information content (AvgIpc) is 2.39. The smallest absolute Gasteiger partial charge is 0.229 e. The minimum atomic E-state index is 0.546. The van der Waals surface area contributed by atoms with Crippen LogP contribution in [0.4, 0.5) is 5.95 Å². The molecule has 19 heavy (non-hydrogen) atoms. The molecule has 5 heteroatoms. The molecule has 1 aromatic heterocycles. The van der Waals surface area contributed by atoms with Gasteiger partial charge in [-0.3, -0.25) is 0 Å². The summed E-state index contributed by atoms with van der Waals surface area (Å²) in [5, 5.41) is 1.03. The number of hydrogen-bond acceptors (Lipinski definition) is 4. The SMILES string of the molecule is CCOc1cc(C)nc(N2CCCCC2CCBr)n1. The molecule has 0 aliphatic carbocycles. The van der Waals surface area contributed by atoms with Gasteiger partial charge in [-0.2, -0.15) is 4.98 Å². The molecule has 0 saturated carbocycles. The van der Waals surface area contributed by atoms with Crippen LogP contribution in [0.2, 0.25) is 0 Å². The van der Waals surface area contributed by atoms with E-state index in [1.807, 2.05) is 19.9 Å². The van der Waals surface area contributed by atoms with Crippen molar-refractivity contribution in [3.05, 3.63) is 11.8 Å². The predicted octanol–water partition coefficient (Wildman–Crippen LogP) is 3.33. The van der Waals surface area contributed by atoms with Gasteiger partial charge in [0.05, 0.1) is 6.61 Å². The first-order valence-corrected chi connectivity index (χ1v) is 8.17. The number of anilines is 1. The largest absolute Gasteiger partial charge is 0.478 e. The molecule has 1 atom stereocenters. The summed E-state index contributed by atoms with van der Waals surface area (Å²) in [4.78, 5) is 11.5. The van der Waals surface area contributed by atoms with Crippen molar-refractivity contribution in [1.29, 1.82) is 0 Å².